The van der Waals surface area contributed by atoms with E-state index in [4.69, 9.17) is 153 Å². The Balaban J connectivity index is 0.000000224. The zero-order valence-corrected chi connectivity index (χ0v) is 70.3. The van der Waals surface area contributed by atoms with Gasteiger partial charge in [0.15, 0.2) is 39.3 Å². The number of nitrogens with zero attached hydrogens (tertiary/aromatic N) is 5. The standard InChI is InChI=1S/C15H14Cl2N4O2.C15H16ClN3O4S.2C14H13Cl2N3O3S.C14H14ClN3O3S/c1-20-15(23)9-2-8(3-10(16)4-9)6-21-7-11(17)5-12(13(21)18)14(19)22;1-23-13-4-3-11(24(2,21)22)5-9(13)7-19-8-10(16)6-12(14(19)17)15(18)20;1-23(21,22)10-3-2-8(12(16)5-10)6-19-7-9(15)4-11(13(19)17)14(18)20;1-23(21,22)12-5-9(15)3-2-8(12)6-19-7-10(16)4-11(13(19)17)14(18)20;1-22(20,21)11-4-2-9(3-5-11)7-18-8-10(15)6-12(13(18)16)14(17)19/h2-5,7,18H,6H2,1H3,(H2,19,22)(H,20,23);3-6,8,17H,7H2,1-2H3,(H2,18,20);2*2-5,7,17H,6H2,1H3,(H2,18,20);2-6,8,16H,7H2,1H3,(H2,17,19). The van der Waals surface area contributed by atoms with Crippen LogP contribution in [0.15, 0.2) is 178 Å². The predicted octanol–water partition coefficient (Wildman–Crippen LogP) is 7.78. The third-order valence-corrected chi connectivity index (χ3v) is 22.3. The molecule has 43 heteroatoms. The number of hydrogen-bond acceptors (Lipinski definition) is 20. The molecule has 0 atom stereocenters. The van der Waals surface area contributed by atoms with Crippen LogP contribution < -0.4 is 66.2 Å². The van der Waals surface area contributed by atoms with Crippen LogP contribution in [0, 0.1) is 27.0 Å². The number of halogens is 8. The Morgan fingerprint density at radius 1 is 0.357 bits per heavy atom. The minimum Gasteiger partial charge on any atom is -0.496 e. The number of amides is 6. The number of carbonyl (C=O) groups is 6. The average molecular weight is 1810 g/mol. The minimum atomic E-state index is -3.51. The topological polar surface area (TPSA) is 534 Å². The largest absolute Gasteiger partial charge is 0.496 e. The lowest BCUT2D eigenvalue weighted by molar-refractivity contribution is 0.0958. The van der Waals surface area contributed by atoms with Gasteiger partial charge >= 0.3 is 0 Å². The van der Waals surface area contributed by atoms with Crippen molar-refractivity contribution in [1.82, 2.24) is 28.2 Å². The van der Waals surface area contributed by atoms with Gasteiger partial charge in [0, 0.05) is 102 Å². The highest BCUT2D eigenvalue weighted by Gasteiger charge is 2.21. The predicted molar refractivity (Wildman–Crippen MR) is 434 cm³/mol. The number of rotatable bonds is 21. The van der Waals surface area contributed by atoms with E-state index in [1.165, 1.54) is 147 Å². The lowest BCUT2D eigenvalue weighted by Crippen LogP contribution is -2.30. The Labute approximate surface area is 697 Å². The number of benzene rings is 5. The molecule has 5 aromatic heterocycles. The molecule has 0 bridgehead atoms. The number of nitrogens with one attached hydrogen (secondary N) is 6. The normalized spacial score (nSPS) is 11.2. The molecule has 0 unspecified atom stereocenters. The number of ether oxygens (including phenoxy) is 1. The van der Waals surface area contributed by atoms with Gasteiger partial charge in [-0.2, -0.15) is 0 Å². The van der Waals surface area contributed by atoms with Crippen molar-refractivity contribution in [2.24, 2.45) is 28.7 Å². The van der Waals surface area contributed by atoms with Crippen molar-refractivity contribution in [2.45, 2.75) is 52.3 Å². The zero-order chi connectivity index (χ0) is 86.4. The molecule has 0 aliphatic heterocycles. The molecule has 10 rings (SSSR count). The molecule has 6 amide bonds. The Morgan fingerprint density at radius 2 is 0.687 bits per heavy atom. The molecule has 16 N–H and O–H groups in total. The van der Waals surface area contributed by atoms with Crippen LogP contribution >= 0.6 is 92.8 Å². The first-order valence-electron chi connectivity index (χ1n) is 32.2. The highest BCUT2D eigenvalue weighted by atomic mass is 35.5. The van der Waals surface area contributed by atoms with Gasteiger partial charge < -0.3 is 61.6 Å². The van der Waals surface area contributed by atoms with Crippen LogP contribution in [0.5, 0.6) is 5.75 Å². The molecule has 0 aliphatic rings. The SMILES string of the molecule is CNC(=O)c1cc(Cl)cc(Cn2cc(Cl)cc(C(N)=O)c2=N)c1.COc1ccc(S(C)(=O)=O)cc1Cn1cc(Cl)cc(C(N)=O)c1=N.CS(=O)(=O)c1cc(Cl)ccc1Cn1cc(Cl)cc(C(N)=O)c1=N.CS(=O)(=O)c1ccc(Cn2cc(Cl)cc(C(N)=O)c2=N)c(Cl)c1.CS(=O)(=O)c1ccc(Cn2cc(Cl)cc(C(N)=O)c2=N)cc1. The molecule has 0 radical (unpaired) electrons. The molecular formula is C72H70Cl8N16O15S4. The van der Waals surface area contributed by atoms with Gasteiger partial charge in [0.1, 0.15) is 33.2 Å². The summed E-state index contributed by atoms with van der Waals surface area (Å²) < 4.78 is 105. The summed E-state index contributed by atoms with van der Waals surface area (Å²) >= 11 is 47.7. The van der Waals surface area contributed by atoms with Gasteiger partial charge in [0.25, 0.3) is 35.4 Å². The van der Waals surface area contributed by atoms with Crippen molar-refractivity contribution in [3.05, 3.63) is 287 Å². The van der Waals surface area contributed by atoms with Crippen LogP contribution in [0.25, 0.3) is 0 Å². The van der Waals surface area contributed by atoms with E-state index in [9.17, 15) is 62.4 Å². The van der Waals surface area contributed by atoms with Crippen molar-refractivity contribution in [3.63, 3.8) is 0 Å². The van der Waals surface area contributed by atoms with Gasteiger partial charge in [-0.05, 0) is 125 Å². The summed E-state index contributed by atoms with van der Waals surface area (Å²) in [4.78, 5) is 69.0. The van der Waals surface area contributed by atoms with Crippen molar-refractivity contribution in [3.8, 4) is 5.75 Å². The molecule has 0 aliphatic carbocycles. The molecule has 5 heterocycles. The van der Waals surface area contributed by atoms with Gasteiger partial charge in [0.05, 0.1) is 99.3 Å². The van der Waals surface area contributed by atoms with E-state index in [0.717, 1.165) is 30.6 Å². The number of primary amides is 5. The van der Waals surface area contributed by atoms with Crippen LogP contribution in [0.4, 0.5) is 0 Å². The number of hydrogen-bond donors (Lipinski definition) is 11. The molecule has 5 aromatic carbocycles. The van der Waals surface area contributed by atoms with Gasteiger partial charge in [-0.15, -0.1) is 0 Å². The Kier molecular flexibility index (Phi) is 31.9. The third-order valence-electron chi connectivity index (χ3n) is 15.9. The fourth-order valence-corrected chi connectivity index (χ4v) is 15.3. The average Bonchev–Trinajstić information content (AvgIpc) is 0.798. The number of nitrogens with two attached hydrogens (primary N) is 5. The smallest absolute Gasteiger partial charge is 0.252 e. The number of carbonyl (C=O) groups excluding carboxylic acids is 6. The lowest BCUT2D eigenvalue weighted by Gasteiger charge is -2.14. The maximum atomic E-state index is 11.9. The van der Waals surface area contributed by atoms with Crippen LogP contribution in [-0.2, 0) is 72.1 Å². The number of aromatic nitrogens is 5. The van der Waals surface area contributed by atoms with E-state index in [-0.39, 0.29) is 149 Å². The molecule has 115 heavy (non-hydrogen) atoms. The van der Waals surface area contributed by atoms with E-state index < -0.39 is 68.9 Å². The summed E-state index contributed by atoms with van der Waals surface area (Å²) in [5.74, 6) is -3.59. The molecule has 31 nitrogen and oxygen atoms in total. The van der Waals surface area contributed by atoms with Crippen LogP contribution in [0.2, 0.25) is 40.2 Å². The molecule has 0 fully saturated rings. The highest BCUT2D eigenvalue weighted by molar-refractivity contribution is 7.91. The van der Waals surface area contributed by atoms with Crippen LogP contribution in [0.1, 0.15) is 90.0 Å². The van der Waals surface area contributed by atoms with Crippen molar-refractivity contribution < 1.29 is 67.2 Å². The highest BCUT2D eigenvalue weighted by Crippen LogP contribution is 2.27. The second-order valence-electron chi connectivity index (χ2n) is 24.7. The quantitative estimate of drug-likeness (QED) is 0.0327. The molecule has 0 spiro atoms. The lowest BCUT2D eigenvalue weighted by atomic mass is 10.1. The maximum absolute atomic E-state index is 11.9. The van der Waals surface area contributed by atoms with Gasteiger partial charge in [-0.25, -0.2) is 33.7 Å². The van der Waals surface area contributed by atoms with Crippen molar-refractivity contribution in [2.75, 3.05) is 39.2 Å². The second-order valence-corrected chi connectivity index (χ2v) is 36.2. The summed E-state index contributed by atoms with van der Waals surface area (Å²) in [5, 5.41) is 44.8. The van der Waals surface area contributed by atoms with Gasteiger partial charge in [-0.1, -0.05) is 117 Å². The van der Waals surface area contributed by atoms with E-state index in [0.29, 0.717) is 38.6 Å². The zero-order valence-electron chi connectivity index (χ0n) is 60.9. The van der Waals surface area contributed by atoms with Crippen molar-refractivity contribution in [1.29, 1.82) is 27.0 Å². The summed E-state index contributed by atoms with van der Waals surface area (Å²) in [6.45, 7) is 0.738. The van der Waals surface area contributed by atoms with Gasteiger partial charge in [-0.3, -0.25) is 55.8 Å². The second kappa shape index (κ2) is 39.3. The third kappa shape index (κ3) is 26.0. The van der Waals surface area contributed by atoms with Gasteiger partial charge in [0.2, 0.25) is 0 Å². The molecule has 10 aromatic rings. The number of pyridine rings is 5. The Morgan fingerprint density at radius 3 is 1.03 bits per heavy atom. The summed E-state index contributed by atoms with van der Waals surface area (Å²) in [6.07, 6.45) is 11.8. The fraction of sp³-hybridized carbons (Fsp3) is 0.153. The first-order valence-corrected chi connectivity index (χ1v) is 42.8. The monoisotopic (exact) mass is 1810 g/mol. The van der Waals surface area contributed by atoms with Crippen LogP contribution in [-0.4, -0.2) is 131 Å². The first kappa shape index (κ1) is 93.5. The Bertz CT molecular complexity index is 6380. The van der Waals surface area contributed by atoms with E-state index >= 15 is 0 Å². The molecule has 608 valence electrons. The van der Waals surface area contributed by atoms with E-state index in [1.807, 2.05) is 0 Å². The van der Waals surface area contributed by atoms with Crippen molar-refractivity contribution >= 4 is 168 Å². The molecular weight excluding hydrogens is 1740 g/mol. The molecule has 0 saturated carbocycles. The Hall–Kier alpha value is -10.4. The van der Waals surface area contributed by atoms with E-state index in [2.05, 4.69) is 5.32 Å². The summed E-state index contributed by atoms with van der Waals surface area (Å²) in [5.41, 5.74) is 29.0. The minimum absolute atomic E-state index is 0.0126. The number of sulfone groups is 4. The first-order chi connectivity index (χ1) is 53.3. The fourth-order valence-electron chi connectivity index (χ4n) is 10.4. The maximum Gasteiger partial charge on any atom is 0.252 e. The van der Waals surface area contributed by atoms with Crippen LogP contribution in [0.3, 0.4) is 0 Å². The van der Waals surface area contributed by atoms with E-state index in [1.54, 1.807) is 48.5 Å². The summed E-state index contributed by atoms with van der Waals surface area (Å²) in [7, 11) is -10.5. The number of methoxy groups -OCH3 is 1. The molecule has 0 saturated heterocycles. The summed E-state index contributed by atoms with van der Waals surface area (Å²) in [6, 6.07) is 31.0.